The summed E-state index contributed by atoms with van der Waals surface area (Å²) in [4.78, 5) is 16.3. The number of imidazole rings is 1. The number of nitrogens with zero attached hydrogens (tertiary/aromatic N) is 2. The Hall–Kier alpha value is -2.42. The third-order valence-electron chi connectivity index (χ3n) is 3.49. The summed E-state index contributed by atoms with van der Waals surface area (Å²) in [5.41, 5.74) is 0.146. The molecule has 1 N–H and O–H groups in total. The van der Waals surface area contributed by atoms with Gasteiger partial charge in [0.25, 0.3) is 0 Å². The first kappa shape index (κ1) is 18.9. The highest BCUT2D eigenvalue weighted by atomic mass is 19.4. The van der Waals surface area contributed by atoms with Crippen LogP contribution in [0.2, 0.25) is 0 Å². The predicted molar refractivity (Wildman–Crippen MR) is 81.1 cm³/mol. The van der Waals surface area contributed by atoms with Gasteiger partial charge in [-0.25, -0.2) is 9.37 Å². The van der Waals surface area contributed by atoms with E-state index in [1.807, 2.05) is 0 Å². The Kier molecular flexibility index (Phi) is 5.78. The van der Waals surface area contributed by atoms with Gasteiger partial charge in [0.15, 0.2) is 0 Å². The van der Waals surface area contributed by atoms with Gasteiger partial charge in [-0.3, -0.25) is 4.79 Å². The molecule has 0 saturated heterocycles. The minimum atomic E-state index is -4.54. The van der Waals surface area contributed by atoms with E-state index in [9.17, 15) is 22.4 Å². The Morgan fingerprint density at radius 1 is 1.36 bits per heavy atom. The number of carbonyl (C=O) groups is 1. The molecular weight excluding hydrogens is 342 g/mol. The van der Waals surface area contributed by atoms with Crippen LogP contribution < -0.4 is 5.32 Å². The Labute approximate surface area is 141 Å². The first-order chi connectivity index (χ1) is 11.7. The highest BCUT2D eigenvalue weighted by molar-refractivity contribution is 5.81. The van der Waals surface area contributed by atoms with Gasteiger partial charge in [0.05, 0.1) is 0 Å². The maximum atomic E-state index is 14.2. The molecular formula is C16H17F4N3O2. The molecule has 5 nitrogen and oxygen atoms in total. The Morgan fingerprint density at radius 2 is 2.04 bits per heavy atom. The quantitative estimate of drug-likeness (QED) is 0.807. The molecule has 0 spiro atoms. The van der Waals surface area contributed by atoms with Crippen LogP contribution in [0.4, 0.5) is 17.6 Å². The van der Waals surface area contributed by atoms with Crippen molar-refractivity contribution < 1.29 is 27.1 Å². The number of amides is 1. The second kappa shape index (κ2) is 7.64. The molecule has 1 heterocycles. The number of alkyl halides is 3. The van der Waals surface area contributed by atoms with Crippen molar-refractivity contribution in [2.45, 2.75) is 25.2 Å². The van der Waals surface area contributed by atoms with Gasteiger partial charge < -0.3 is 14.6 Å². The Balaban J connectivity index is 2.21. The number of aromatic nitrogens is 2. The summed E-state index contributed by atoms with van der Waals surface area (Å²) in [6.07, 6.45) is -2.83. The molecule has 2 atom stereocenters. The molecule has 0 aliphatic rings. The summed E-state index contributed by atoms with van der Waals surface area (Å²) in [7, 11) is 1.66. The number of hydrogen-bond acceptors (Lipinski definition) is 3. The van der Waals surface area contributed by atoms with Crippen LogP contribution in [0.25, 0.3) is 0 Å². The summed E-state index contributed by atoms with van der Waals surface area (Å²) in [6, 6.07) is 4.80. The number of benzene rings is 1. The molecule has 0 saturated carbocycles. The number of ether oxygens (including phenoxy) is 1. The fourth-order valence-electron chi connectivity index (χ4n) is 2.20. The lowest BCUT2D eigenvalue weighted by atomic mass is 10.0. The first-order valence-corrected chi connectivity index (χ1v) is 7.39. The van der Waals surface area contributed by atoms with E-state index in [4.69, 9.17) is 0 Å². The van der Waals surface area contributed by atoms with Gasteiger partial charge in [0.2, 0.25) is 5.91 Å². The van der Waals surface area contributed by atoms with Gasteiger partial charge in [0.1, 0.15) is 30.4 Å². The van der Waals surface area contributed by atoms with Crippen molar-refractivity contribution in [3.8, 4) is 0 Å². The van der Waals surface area contributed by atoms with Gasteiger partial charge in [0, 0.05) is 25.0 Å². The lowest BCUT2D eigenvalue weighted by molar-refractivity contribution is -0.185. The molecule has 9 heteroatoms. The predicted octanol–water partition coefficient (Wildman–Crippen LogP) is 2.73. The summed E-state index contributed by atoms with van der Waals surface area (Å²) < 4.78 is 56.9. The molecule has 2 rings (SSSR count). The van der Waals surface area contributed by atoms with Crippen molar-refractivity contribution >= 4 is 5.91 Å². The minimum absolute atomic E-state index is 0.146. The van der Waals surface area contributed by atoms with Gasteiger partial charge in [-0.1, -0.05) is 18.2 Å². The molecule has 0 unspecified atom stereocenters. The number of hydrogen-bond donors (Lipinski definition) is 1. The Bertz CT molecular complexity index is 730. The van der Waals surface area contributed by atoms with E-state index in [1.54, 1.807) is 23.9 Å². The van der Waals surface area contributed by atoms with Crippen molar-refractivity contribution in [1.29, 1.82) is 0 Å². The van der Waals surface area contributed by atoms with Crippen LogP contribution in [0, 0.1) is 5.82 Å². The molecule has 0 bridgehead atoms. The number of carbonyl (C=O) groups excluding carboxylic acids is 1. The molecule has 1 amide bonds. The highest BCUT2D eigenvalue weighted by Gasteiger charge is 2.31. The lowest BCUT2D eigenvalue weighted by Crippen LogP contribution is -2.40. The maximum Gasteiger partial charge on any atom is 0.411 e. The largest absolute Gasteiger partial charge is 0.411 e. The summed E-state index contributed by atoms with van der Waals surface area (Å²) >= 11 is 0. The van der Waals surface area contributed by atoms with Gasteiger partial charge in [-0.15, -0.1) is 0 Å². The van der Waals surface area contributed by atoms with Crippen LogP contribution >= 0.6 is 0 Å². The third-order valence-corrected chi connectivity index (χ3v) is 3.49. The second-order valence-corrected chi connectivity index (χ2v) is 5.43. The standard InChI is InChI=1S/C16H17F4N3O2/c1-10(25-9-16(18,19)20)15(24)22-13(14-21-7-8-23(14)2)11-5-3-4-6-12(11)17/h3-8,10,13H,9H2,1-2H3,(H,22,24)/t10-,13-/m0/s1. The van der Waals surface area contributed by atoms with E-state index >= 15 is 0 Å². The summed E-state index contributed by atoms with van der Waals surface area (Å²) in [6.45, 7) is -0.355. The number of nitrogens with one attached hydrogen (secondary N) is 1. The number of halogens is 4. The van der Waals surface area contributed by atoms with Crippen molar-refractivity contribution in [3.05, 3.63) is 53.9 Å². The van der Waals surface area contributed by atoms with Crippen LogP contribution in [-0.2, 0) is 16.6 Å². The molecule has 1 aromatic heterocycles. The zero-order chi connectivity index (χ0) is 18.6. The Morgan fingerprint density at radius 3 is 2.60 bits per heavy atom. The zero-order valence-electron chi connectivity index (χ0n) is 13.5. The SMILES string of the molecule is C[C@H](OCC(F)(F)F)C(=O)N[C@@H](c1ccccc1F)c1nccn1C. The fraction of sp³-hybridized carbons (Fsp3) is 0.375. The minimum Gasteiger partial charge on any atom is -0.359 e. The second-order valence-electron chi connectivity index (χ2n) is 5.43. The van der Waals surface area contributed by atoms with Crippen LogP contribution in [-0.4, -0.2) is 34.3 Å². The molecule has 0 fully saturated rings. The van der Waals surface area contributed by atoms with Crippen molar-refractivity contribution in [2.75, 3.05) is 6.61 Å². The van der Waals surface area contributed by atoms with Gasteiger partial charge in [-0.2, -0.15) is 13.2 Å². The lowest BCUT2D eigenvalue weighted by Gasteiger charge is -2.22. The molecule has 136 valence electrons. The van der Waals surface area contributed by atoms with Crippen molar-refractivity contribution in [3.63, 3.8) is 0 Å². The molecule has 0 aliphatic heterocycles. The van der Waals surface area contributed by atoms with E-state index in [2.05, 4.69) is 15.0 Å². The highest BCUT2D eigenvalue weighted by Crippen LogP contribution is 2.23. The molecule has 2 aromatic rings. The normalized spacial score (nSPS) is 14.2. The van der Waals surface area contributed by atoms with E-state index in [0.717, 1.165) is 0 Å². The van der Waals surface area contributed by atoms with Crippen LogP contribution in [0.3, 0.4) is 0 Å². The van der Waals surface area contributed by atoms with E-state index < -0.39 is 36.7 Å². The number of aryl methyl sites for hydroxylation is 1. The third kappa shape index (κ3) is 5.02. The average molecular weight is 359 g/mol. The fourth-order valence-corrected chi connectivity index (χ4v) is 2.20. The summed E-state index contributed by atoms with van der Waals surface area (Å²) in [5.74, 6) is -1.04. The van der Waals surface area contributed by atoms with Crippen LogP contribution in [0.15, 0.2) is 36.7 Å². The molecule has 0 aliphatic carbocycles. The molecule has 25 heavy (non-hydrogen) atoms. The molecule has 1 aromatic carbocycles. The maximum absolute atomic E-state index is 14.2. The zero-order valence-corrected chi connectivity index (χ0v) is 13.5. The topological polar surface area (TPSA) is 56.1 Å². The summed E-state index contributed by atoms with van der Waals surface area (Å²) in [5, 5.41) is 2.50. The van der Waals surface area contributed by atoms with E-state index in [-0.39, 0.29) is 5.56 Å². The first-order valence-electron chi connectivity index (χ1n) is 7.39. The van der Waals surface area contributed by atoms with Crippen molar-refractivity contribution in [2.24, 2.45) is 7.05 Å². The van der Waals surface area contributed by atoms with Crippen molar-refractivity contribution in [1.82, 2.24) is 14.9 Å². The number of rotatable bonds is 6. The van der Waals surface area contributed by atoms with Crippen LogP contribution in [0.5, 0.6) is 0 Å². The smallest absolute Gasteiger partial charge is 0.359 e. The average Bonchev–Trinajstić information content (AvgIpc) is 2.96. The monoisotopic (exact) mass is 359 g/mol. The van der Waals surface area contributed by atoms with E-state index in [1.165, 1.54) is 31.3 Å². The van der Waals surface area contributed by atoms with Gasteiger partial charge in [-0.05, 0) is 13.0 Å². The van der Waals surface area contributed by atoms with E-state index in [0.29, 0.717) is 5.82 Å². The van der Waals surface area contributed by atoms with Crippen LogP contribution in [0.1, 0.15) is 24.4 Å². The molecule has 0 radical (unpaired) electrons. The van der Waals surface area contributed by atoms with Gasteiger partial charge >= 0.3 is 6.18 Å².